The van der Waals surface area contributed by atoms with Gasteiger partial charge in [-0.05, 0) is 18.4 Å². The minimum atomic E-state index is 0.589. The summed E-state index contributed by atoms with van der Waals surface area (Å²) in [6, 6.07) is 4.32. The van der Waals surface area contributed by atoms with Crippen molar-refractivity contribution in [1.29, 1.82) is 0 Å². The van der Waals surface area contributed by atoms with Crippen LogP contribution in [-0.2, 0) is 6.54 Å². The zero-order chi connectivity index (χ0) is 15.8. The summed E-state index contributed by atoms with van der Waals surface area (Å²) in [4.78, 5) is 19.6. The molecule has 1 aliphatic heterocycles. The normalized spacial score (nSPS) is 16.3. The first-order valence-corrected chi connectivity index (χ1v) is 8.68. The van der Waals surface area contributed by atoms with Crippen molar-refractivity contribution in [2.45, 2.75) is 20.4 Å². The second-order valence-corrected chi connectivity index (χ2v) is 6.86. The molecule has 3 aromatic heterocycles. The van der Waals surface area contributed by atoms with Crippen molar-refractivity contribution >= 4 is 28.4 Å². The maximum absolute atomic E-state index is 5.57. The highest BCUT2D eigenvalue weighted by Crippen LogP contribution is 2.25. The fourth-order valence-electron chi connectivity index (χ4n) is 2.98. The van der Waals surface area contributed by atoms with Crippen molar-refractivity contribution in [3.05, 3.63) is 34.1 Å². The van der Waals surface area contributed by atoms with Crippen LogP contribution in [-0.4, -0.2) is 46.0 Å². The number of aryl methyl sites for hydroxylation is 2. The minimum absolute atomic E-state index is 0.589. The first-order chi connectivity index (χ1) is 11.2. The van der Waals surface area contributed by atoms with E-state index in [1.54, 1.807) is 0 Å². The molecule has 4 heterocycles. The molecule has 0 aromatic carbocycles. The maximum atomic E-state index is 5.57. The van der Waals surface area contributed by atoms with E-state index in [2.05, 4.69) is 42.3 Å². The lowest BCUT2D eigenvalue weighted by Crippen LogP contribution is -2.46. The Morgan fingerprint density at radius 3 is 2.70 bits per heavy atom. The van der Waals surface area contributed by atoms with Crippen LogP contribution in [0, 0.1) is 13.8 Å². The van der Waals surface area contributed by atoms with Crippen LogP contribution in [0.4, 0.5) is 5.82 Å². The van der Waals surface area contributed by atoms with Gasteiger partial charge < -0.3 is 9.32 Å². The second kappa shape index (κ2) is 5.90. The molecule has 4 rings (SSSR count). The topological polar surface area (TPSA) is 58.3 Å². The molecule has 6 nitrogen and oxygen atoms in total. The van der Waals surface area contributed by atoms with Crippen molar-refractivity contribution < 1.29 is 4.42 Å². The summed E-state index contributed by atoms with van der Waals surface area (Å²) >= 11 is 1.82. The Morgan fingerprint density at radius 1 is 1.13 bits per heavy atom. The van der Waals surface area contributed by atoms with Gasteiger partial charge in [-0.25, -0.2) is 9.97 Å². The van der Waals surface area contributed by atoms with E-state index in [1.807, 2.05) is 25.2 Å². The summed E-state index contributed by atoms with van der Waals surface area (Å²) in [5.41, 5.74) is 1.37. The third kappa shape index (κ3) is 2.94. The monoisotopic (exact) mass is 329 g/mol. The minimum Gasteiger partial charge on any atom is -0.422 e. The molecule has 1 aliphatic rings. The highest BCUT2D eigenvalue weighted by Gasteiger charge is 2.22. The van der Waals surface area contributed by atoms with E-state index in [0.29, 0.717) is 11.6 Å². The van der Waals surface area contributed by atoms with E-state index in [1.165, 1.54) is 4.88 Å². The molecule has 0 atom stereocenters. The SMILES string of the molecule is Cc1nc(N2CCN(Cc3cccs3)CC2)c2nc(C)oc2n1. The number of nitrogens with zero attached hydrogens (tertiary/aromatic N) is 5. The lowest BCUT2D eigenvalue weighted by molar-refractivity contribution is 0.251. The summed E-state index contributed by atoms with van der Waals surface area (Å²) < 4.78 is 5.57. The average Bonchev–Trinajstić information content (AvgIpc) is 3.16. The fourth-order valence-corrected chi connectivity index (χ4v) is 3.72. The molecule has 7 heteroatoms. The van der Waals surface area contributed by atoms with E-state index in [9.17, 15) is 0 Å². The third-order valence-corrected chi connectivity index (χ3v) is 4.95. The standard InChI is InChI=1S/C16H19N5OS/c1-11-17-15(14-16(18-11)22-12(2)19-14)21-7-5-20(6-8-21)10-13-4-3-9-23-13/h3-4,9H,5-8,10H2,1-2H3. The number of thiophene rings is 1. The third-order valence-electron chi connectivity index (χ3n) is 4.09. The average molecular weight is 329 g/mol. The van der Waals surface area contributed by atoms with Crippen LogP contribution in [0.1, 0.15) is 16.6 Å². The molecule has 0 aliphatic carbocycles. The van der Waals surface area contributed by atoms with Crippen molar-refractivity contribution in [1.82, 2.24) is 19.9 Å². The van der Waals surface area contributed by atoms with Gasteiger partial charge >= 0.3 is 0 Å². The first-order valence-electron chi connectivity index (χ1n) is 7.80. The fraction of sp³-hybridized carbons (Fsp3) is 0.438. The Morgan fingerprint density at radius 2 is 1.96 bits per heavy atom. The molecule has 3 aromatic rings. The number of fused-ring (bicyclic) bond motifs is 1. The number of piperazine rings is 1. The quantitative estimate of drug-likeness (QED) is 0.736. The molecule has 120 valence electrons. The van der Waals surface area contributed by atoms with Gasteiger partial charge in [-0.3, -0.25) is 4.90 Å². The van der Waals surface area contributed by atoms with Crippen molar-refractivity contribution in [2.24, 2.45) is 0 Å². The van der Waals surface area contributed by atoms with Crippen LogP contribution in [0.25, 0.3) is 11.2 Å². The molecule has 0 amide bonds. The van der Waals surface area contributed by atoms with Crippen LogP contribution in [0.5, 0.6) is 0 Å². The van der Waals surface area contributed by atoms with Gasteiger partial charge in [0.1, 0.15) is 5.82 Å². The van der Waals surface area contributed by atoms with E-state index in [0.717, 1.165) is 49.9 Å². The molecular formula is C16H19N5OS. The van der Waals surface area contributed by atoms with Gasteiger partial charge in [0.2, 0.25) is 0 Å². The Labute approximate surface area is 138 Å². The van der Waals surface area contributed by atoms with E-state index in [4.69, 9.17) is 4.42 Å². The number of rotatable bonds is 3. The molecule has 1 saturated heterocycles. The molecular weight excluding hydrogens is 310 g/mol. The summed E-state index contributed by atoms with van der Waals surface area (Å²) in [5, 5.41) is 2.14. The van der Waals surface area contributed by atoms with Crippen LogP contribution >= 0.6 is 11.3 Å². The predicted octanol–water partition coefficient (Wildman–Crippen LogP) is 2.62. The molecule has 0 saturated carbocycles. The Kier molecular flexibility index (Phi) is 3.74. The largest absolute Gasteiger partial charge is 0.422 e. The molecule has 0 unspecified atom stereocenters. The molecule has 0 radical (unpaired) electrons. The number of oxazole rings is 1. The highest BCUT2D eigenvalue weighted by molar-refractivity contribution is 7.09. The molecule has 0 bridgehead atoms. The Balaban J connectivity index is 1.52. The zero-order valence-electron chi connectivity index (χ0n) is 13.3. The van der Waals surface area contributed by atoms with E-state index < -0.39 is 0 Å². The van der Waals surface area contributed by atoms with Gasteiger partial charge in [0.15, 0.2) is 17.2 Å². The number of hydrogen-bond donors (Lipinski definition) is 0. The smallest absolute Gasteiger partial charge is 0.252 e. The highest BCUT2D eigenvalue weighted by atomic mass is 32.1. The van der Waals surface area contributed by atoms with Gasteiger partial charge in [-0.15, -0.1) is 11.3 Å². The molecule has 0 spiro atoms. The lowest BCUT2D eigenvalue weighted by Gasteiger charge is -2.35. The predicted molar refractivity (Wildman–Crippen MR) is 90.9 cm³/mol. The summed E-state index contributed by atoms with van der Waals surface area (Å²) in [6.07, 6.45) is 0. The Hall–Kier alpha value is -1.99. The summed E-state index contributed by atoms with van der Waals surface area (Å²) in [5.74, 6) is 2.27. The molecule has 23 heavy (non-hydrogen) atoms. The molecule has 1 fully saturated rings. The van der Waals surface area contributed by atoms with Gasteiger partial charge in [0.25, 0.3) is 5.71 Å². The van der Waals surface area contributed by atoms with Crippen molar-refractivity contribution in [3.63, 3.8) is 0 Å². The maximum Gasteiger partial charge on any atom is 0.252 e. The van der Waals surface area contributed by atoms with Crippen LogP contribution in [0.2, 0.25) is 0 Å². The van der Waals surface area contributed by atoms with Crippen LogP contribution in [0.15, 0.2) is 21.9 Å². The van der Waals surface area contributed by atoms with Gasteiger partial charge in [0.05, 0.1) is 0 Å². The number of aromatic nitrogens is 3. The van der Waals surface area contributed by atoms with Gasteiger partial charge in [0, 0.05) is 44.5 Å². The van der Waals surface area contributed by atoms with E-state index in [-0.39, 0.29) is 0 Å². The first kappa shape index (κ1) is 14.6. The van der Waals surface area contributed by atoms with Gasteiger partial charge in [-0.2, -0.15) is 4.98 Å². The Bertz CT molecular complexity index is 805. The number of hydrogen-bond acceptors (Lipinski definition) is 7. The molecule has 0 N–H and O–H groups in total. The summed E-state index contributed by atoms with van der Waals surface area (Å²) in [6.45, 7) is 8.73. The van der Waals surface area contributed by atoms with Crippen LogP contribution < -0.4 is 4.90 Å². The van der Waals surface area contributed by atoms with Crippen molar-refractivity contribution in [3.8, 4) is 0 Å². The van der Waals surface area contributed by atoms with Crippen molar-refractivity contribution in [2.75, 3.05) is 31.1 Å². The zero-order valence-corrected chi connectivity index (χ0v) is 14.1. The summed E-state index contributed by atoms with van der Waals surface area (Å²) in [7, 11) is 0. The van der Waals surface area contributed by atoms with Gasteiger partial charge in [-0.1, -0.05) is 6.07 Å². The van der Waals surface area contributed by atoms with E-state index >= 15 is 0 Å². The lowest BCUT2D eigenvalue weighted by atomic mass is 10.3. The number of anilines is 1. The van der Waals surface area contributed by atoms with Crippen LogP contribution in [0.3, 0.4) is 0 Å². The second-order valence-electron chi connectivity index (χ2n) is 5.82.